The Kier molecular flexibility index (Phi) is 29.4. The van der Waals surface area contributed by atoms with Gasteiger partial charge in [-0.15, -0.1) is 0 Å². The SMILES string of the molecule is C.C.C.C.CC(C)c1ccccc1-c1ncc2c(n1)N([C@@H](C)c1ccc(F)cc1)C(=O)C2.CC(C)c1ccccc1-c1ncc2c(n1)N([C@H](C)c1ccc(F)cc1)C(=O)C2.CC(C)c1ccccc1-c1ncc2c(n1)N([C@H](CO)c1ccc(F)cc1)C(=O)C2.CC(C)c1ccccc1-c1ncc2c(n1)N([C@H](CO)c1ccccc1)C(=O)C2. The summed E-state index contributed by atoms with van der Waals surface area (Å²) < 4.78 is 39.9. The van der Waals surface area contributed by atoms with Gasteiger partial charge in [0.1, 0.15) is 40.7 Å². The highest BCUT2D eigenvalue weighted by molar-refractivity contribution is 6.03. The predicted molar refractivity (Wildman–Crippen MR) is 460 cm³/mol. The Morgan fingerprint density at radius 3 is 0.778 bits per heavy atom. The maximum absolute atomic E-state index is 13.3. The number of aromatic nitrogens is 8. The number of anilines is 4. The fraction of sp³-hybridized carbons (Fsp3) is 0.292. The summed E-state index contributed by atoms with van der Waals surface area (Å²) in [6, 6.07) is 58.5. The van der Waals surface area contributed by atoms with Crippen molar-refractivity contribution >= 4 is 46.9 Å². The molecule has 8 aromatic carbocycles. The van der Waals surface area contributed by atoms with Crippen LogP contribution in [-0.2, 0) is 44.9 Å². The first-order chi connectivity index (χ1) is 54.5. The highest BCUT2D eigenvalue weighted by Gasteiger charge is 2.40. The fourth-order valence-corrected chi connectivity index (χ4v) is 15.0. The van der Waals surface area contributed by atoms with Crippen LogP contribution >= 0.6 is 0 Å². The molecule has 0 bridgehead atoms. The number of halogens is 3. The van der Waals surface area contributed by atoms with E-state index in [2.05, 4.69) is 99.6 Å². The fourth-order valence-electron chi connectivity index (χ4n) is 15.0. The van der Waals surface area contributed by atoms with Crippen molar-refractivity contribution in [1.29, 1.82) is 0 Å². The maximum atomic E-state index is 13.3. The van der Waals surface area contributed by atoms with Crippen molar-refractivity contribution in [3.05, 3.63) is 309 Å². The number of rotatable bonds is 18. The van der Waals surface area contributed by atoms with Crippen molar-refractivity contribution in [2.24, 2.45) is 0 Å². The third-order valence-corrected chi connectivity index (χ3v) is 20.9. The highest BCUT2D eigenvalue weighted by Crippen LogP contribution is 2.42. The number of aliphatic hydroxyl groups excluding tert-OH is 2. The standard InChI is InChI=1S/C23H22FN3O2.2C23H22FN3O.C23H23N3O2.4CH4/c1-14(2)18-5-3-4-6-19(18)22-25-12-16-11-21(29)27(23(16)26-22)20(13-28)15-7-9-17(24)10-8-15;2*1-14(2)19-6-4-5-7-20(19)22-25-13-17-12-21(28)27(23(17)26-22)15(3)16-8-10-18(24)11-9-16;1-15(2)18-10-6-7-11-19(18)22-24-13-17-12-21(28)26(23(17)25-22)20(14-27)16-8-4-3-5-9-16;;;;/h3-10,12,14,20,28H,11,13H2,1-2H3;2*4-11,13-15H,12H2,1-3H3;3-11,13,15,20,27H,12,14H2,1-2H3;4*1H4/t20-;2*15-;20-;;;;/m1101..../s1. The van der Waals surface area contributed by atoms with Gasteiger partial charge in [0.2, 0.25) is 23.6 Å². The second-order valence-electron chi connectivity index (χ2n) is 29.7. The van der Waals surface area contributed by atoms with Crippen LogP contribution in [0.25, 0.3) is 45.6 Å². The molecule has 0 unspecified atom stereocenters. The van der Waals surface area contributed by atoms with Gasteiger partial charge in [-0.25, -0.2) is 53.0 Å². The van der Waals surface area contributed by atoms with E-state index in [4.69, 9.17) is 19.9 Å². The van der Waals surface area contributed by atoms with Crippen LogP contribution in [0.3, 0.4) is 0 Å². The summed E-state index contributed by atoms with van der Waals surface area (Å²) in [5, 5.41) is 20.1. The van der Waals surface area contributed by atoms with Crippen molar-refractivity contribution in [2.75, 3.05) is 32.8 Å². The van der Waals surface area contributed by atoms with Crippen LogP contribution in [0, 0.1) is 17.5 Å². The molecule has 4 amide bonds. The lowest BCUT2D eigenvalue weighted by Gasteiger charge is -2.27. The molecule has 0 fully saturated rings. The van der Waals surface area contributed by atoms with E-state index in [1.165, 1.54) is 58.0 Å². The van der Waals surface area contributed by atoms with Crippen molar-refractivity contribution in [3.63, 3.8) is 0 Å². The molecule has 4 atom stereocenters. The van der Waals surface area contributed by atoms with Crippen LogP contribution in [0.15, 0.2) is 225 Å². The number of carbonyl (C=O) groups is 4. The Morgan fingerprint density at radius 2 is 0.521 bits per heavy atom. The van der Waals surface area contributed by atoms with Crippen LogP contribution in [0.1, 0.15) is 214 Å². The molecule has 4 aromatic heterocycles. The molecule has 606 valence electrons. The topological polar surface area (TPSA) is 225 Å². The van der Waals surface area contributed by atoms with Gasteiger partial charge in [-0.1, -0.05) is 249 Å². The molecular formula is C96H105F3N12O6. The summed E-state index contributed by atoms with van der Waals surface area (Å²) in [6.07, 6.45) is 7.94. The summed E-state index contributed by atoms with van der Waals surface area (Å²) in [5.41, 5.74) is 14.9. The quantitative estimate of drug-likeness (QED) is 0.0815. The van der Waals surface area contributed by atoms with E-state index in [1.54, 1.807) is 75.9 Å². The summed E-state index contributed by atoms with van der Waals surface area (Å²) in [4.78, 5) is 94.7. The Bertz CT molecular complexity index is 5290. The molecule has 21 heteroatoms. The van der Waals surface area contributed by atoms with Gasteiger partial charge in [-0.3, -0.25) is 38.8 Å². The first-order valence-corrected chi connectivity index (χ1v) is 38.1. The lowest BCUT2D eigenvalue weighted by atomic mass is 9.97. The van der Waals surface area contributed by atoms with Crippen LogP contribution in [-0.4, -0.2) is 86.9 Å². The molecular weight excluding hydrogens is 1470 g/mol. The molecule has 18 nitrogen and oxygen atoms in total. The number of fused-ring (bicyclic) bond motifs is 4. The van der Waals surface area contributed by atoms with Gasteiger partial charge in [-0.2, -0.15) is 0 Å². The van der Waals surface area contributed by atoms with Gasteiger partial charge >= 0.3 is 0 Å². The van der Waals surface area contributed by atoms with Gasteiger partial charge in [-0.05, 0) is 118 Å². The number of benzene rings is 8. The minimum Gasteiger partial charge on any atom is -0.394 e. The summed E-state index contributed by atoms with van der Waals surface area (Å²) in [5.74, 6) is 4.86. The normalized spacial score (nSPS) is 13.9. The van der Waals surface area contributed by atoms with Gasteiger partial charge in [0.15, 0.2) is 23.3 Å². The number of aliphatic hydroxyl groups is 2. The number of hydrogen-bond donors (Lipinski definition) is 2. The molecule has 2 N–H and O–H groups in total. The molecule has 117 heavy (non-hydrogen) atoms. The van der Waals surface area contributed by atoms with Gasteiger partial charge in [0.25, 0.3) is 0 Å². The first kappa shape index (κ1) is 88.6. The zero-order valence-electron chi connectivity index (χ0n) is 64.8. The third kappa shape index (κ3) is 19.0. The minimum absolute atomic E-state index is 0. The molecule has 0 spiro atoms. The van der Waals surface area contributed by atoms with E-state index >= 15 is 0 Å². The van der Waals surface area contributed by atoms with Crippen molar-refractivity contribution in [3.8, 4) is 45.6 Å². The van der Waals surface area contributed by atoms with Crippen LogP contribution in [0.2, 0.25) is 0 Å². The Labute approximate surface area is 685 Å². The van der Waals surface area contributed by atoms with Crippen molar-refractivity contribution in [2.45, 2.75) is 172 Å². The second-order valence-corrected chi connectivity index (χ2v) is 29.7. The molecule has 12 aromatic rings. The van der Waals surface area contributed by atoms with Crippen molar-refractivity contribution < 1.29 is 42.6 Å². The summed E-state index contributed by atoms with van der Waals surface area (Å²) in [7, 11) is 0. The van der Waals surface area contributed by atoms with Gasteiger partial charge in [0, 0.05) is 69.3 Å². The molecule has 4 aliphatic heterocycles. The Morgan fingerprint density at radius 1 is 0.299 bits per heavy atom. The highest BCUT2D eigenvalue weighted by atomic mass is 19.1. The first-order valence-electron chi connectivity index (χ1n) is 38.1. The van der Waals surface area contributed by atoms with E-state index in [1.807, 2.05) is 117 Å². The zero-order chi connectivity index (χ0) is 79.9. The molecule has 16 rings (SSSR count). The molecule has 8 heterocycles. The van der Waals surface area contributed by atoms with Crippen molar-refractivity contribution in [1.82, 2.24) is 39.9 Å². The van der Waals surface area contributed by atoms with Crippen LogP contribution in [0.4, 0.5) is 36.4 Å². The zero-order valence-corrected chi connectivity index (χ0v) is 64.8. The van der Waals surface area contributed by atoms with Crippen LogP contribution < -0.4 is 19.6 Å². The molecule has 0 aliphatic carbocycles. The lowest BCUT2D eigenvalue weighted by Crippen LogP contribution is -2.34. The number of carbonyl (C=O) groups excluding carboxylic acids is 4. The molecule has 0 saturated heterocycles. The van der Waals surface area contributed by atoms with E-state index in [9.17, 15) is 42.6 Å². The summed E-state index contributed by atoms with van der Waals surface area (Å²) >= 11 is 0. The Balaban J connectivity index is 0.000000176. The van der Waals surface area contributed by atoms with Gasteiger partial charge in [0.05, 0.1) is 63.1 Å². The maximum Gasteiger partial charge on any atom is 0.233 e. The molecule has 0 saturated carbocycles. The predicted octanol–water partition coefficient (Wildman–Crippen LogP) is 20.6. The average molecular weight is 1580 g/mol. The second kappa shape index (κ2) is 38.9. The monoisotopic (exact) mass is 1580 g/mol. The van der Waals surface area contributed by atoms with E-state index in [0.717, 1.165) is 66.8 Å². The number of amides is 4. The molecule has 4 aliphatic rings. The number of nitrogens with zero attached hydrogens (tertiary/aromatic N) is 12. The van der Waals surface area contributed by atoms with E-state index < -0.39 is 12.1 Å². The average Bonchev–Trinajstić information content (AvgIpc) is 1.65. The van der Waals surface area contributed by atoms with E-state index in [-0.39, 0.29) is 122 Å². The third-order valence-electron chi connectivity index (χ3n) is 20.9. The van der Waals surface area contributed by atoms with E-state index in [0.29, 0.717) is 75.8 Å². The minimum atomic E-state index is -0.632. The smallest absolute Gasteiger partial charge is 0.233 e. The Hall–Kier alpha value is -12.3. The van der Waals surface area contributed by atoms with Gasteiger partial charge < -0.3 is 10.2 Å². The largest absolute Gasteiger partial charge is 0.394 e. The van der Waals surface area contributed by atoms with Crippen LogP contribution in [0.5, 0.6) is 0 Å². The summed E-state index contributed by atoms with van der Waals surface area (Å²) in [6.45, 7) is 20.5. The number of hydrogen-bond acceptors (Lipinski definition) is 14. The lowest BCUT2D eigenvalue weighted by molar-refractivity contribution is -0.118. The molecule has 0 radical (unpaired) electrons.